The van der Waals surface area contributed by atoms with Crippen LogP contribution in [0.4, 0.5) is 5.69 Å². The fourth-order valence-electron chi connectivity index (χ4n) is 2.11. The molecule has 0 radical (unpaired) electrons. The first-order valence-electron chi connectivity index (χ1n) is 7.27. The second-order valence-electron chi connectivity index (χ2n) is 5.58. The first-order chi connectivity index (χ1) is 10.5. The van der Waals surface area contributed by atoms with Gasteiger partial charge < -0.3 is 15.3 Å². The van der Waals surface area contributed by atoms with Crippen LogP contribution in [0.5, 0.6) is 0 Å². The molecule has 0 fully saturated rings. The summed E-state index contributed by atoms with van der Waals surface area (Å²) in [6, 6.07) is 15.0. The maximum absolute atomic E-state index is 12.1. The zero-order valence-corrected chi connectivity index (χ0v) is 13.2. The lowest BCUT2D eigenvalue weighted by Gasteiger charge is -2.14. The SMILES string of the molecule is Cc1ccc([C@@H](O)CNC(=O)c2ccc(N(C)C)cc2)cc1. The van der Waals surface area contributed by atoms with Gasteiger partial charge in [-0.05, 0) is 36.8 Å². The Balaban J connectivity index is 1.93. The number of benzene rings is 2. The molecule has 2 aromatic rings. The number of nitrogens with zero attached hydrogens (tertiary/aromatic N) is 1. The number of amides is 1. The molecule has 0 aliphatic heterocycles. The van der Waals surface area contributed by atoms with Crippen LogP contribution in [-0.4, -0.2) is 31.7 Å². The molecule has 0 aliphatic carbocycles. The molecule has 2 aromatic carbocycles. The van der Waals surface area contributed by atoms with E-state index in [0.717, 1.165) is 16.8 Å². The fraction of sp³-hybridized carbons (Fsp3) is 0.278. The standard InChI is InChI=1S/C18H22N2O2/c1-13-4-6-14(7-5-13)17(21)12-19-18(22)15-8-10-16(11-9-15)20(2)3/h4-11,17,21H,12H2,1-3H3,(H,19,22)/t17-/m0/s1. The number of aryl methyl sites for hydroxylation is 1. The second kappa shape index (κ2) is 7.09. The Morgan fingerprint density at radius 2 is 1.68 bits per heavy atom. The van der Waals surface area contributed by atoms with Gasteiger partial charge in [-0.1, -0.05) is 29.8 Å². The summed E-state index contributed by atoms with van der Waals surface area (Å²) < 4.78 is 0. The minimum Gasteiger partial charge on any atom is -0.387 e. The highest BCUT2D eigenvalue weighted by Crippen LogP contribution is 2.14. The van der Waals surface area contributed by atoms with Crippen LogP contribution in [0.25, 0.3) is 0 Å². The Bertz CT molecular complexity index is 619. The topological polar surface area (TPSA) is 52.6 Å². The quantitative estimate of drug-likeness (QED) is 0.892. The van der Waals surface area contributed by atoms with E-state index in [9.17, 15) is 9.90 Å². The van der Waals surface area contributed by atoms with Gasteiger partial charge in [-0.25, -0.2) is 0 Å². The number of nitrogens with one attached hydrogen (secondary N) is 1. The van der Waals surface area contributed by atoms with E-state index in [1.807, 2.05) is 62.3 Å². The van der Waals surface area contributed by atoms with E-state index in [-0.39, 0.29) is 12.5 Å². The van der Waals surface area contributed by atoms with Gasteiger partial charge in [0.2, 0.25) is 0 Å². The van der Waals surface area contributed by atoms with E-state index in [1.54, 1.807) is 12.1 Å². The first kappa shape index (κ1) is 16.0. The van der Waals surface area contributed by atoms with Gasteiger partial charge in [0.15, 0.2) is 0 Å². The molecule has 0 saturated heterocycles. The summed E-state index contributed by atoms with van der Waals surface area (Å²) in [6.07, 6.45) is -0.703. The van der Waals surface area contributed by atoms with Crippen molar-refractivity contribution in [1.29, 1.82) is 0 Å². The van der Waals surface area contributed by atoms with E-state index in [1.165, 1.54) is 0 Å². The summed E-state index contributed by atoms with van der Waals surface area (Å²) in [5.41, 5.74) is 3.56. The summed E-state index contributed by atoms with van der Waals surface area (Å²) in [4.78, 5) is 14.1. The Kier molecular flexibility index (Phi) is 5.17. The molecule has 116 valence electrons. The van der Waals surface area contributed by atoms with Crippen molar-refractivity contribution in [3.63, 3.8) is 0 Å². The van der Waals surface area contributed by atoms with Crippen molar-refractivity contribution in [3.05, 3.63) is 65.2 Å². The molecule has 0 bridgehead atoms. The van der Waals surface area contributed by atoms with Gasteiger partial charge in [0, 0.05) is 31.9 Å². The highest BCUT2D eigenvalue weighted by Gasteiger charge is 2.11. The van der Waals surface area contributed by atoms with Gasteiger partial charge in [-0.15, -0.1) is 0 Å². The summed E-state index contributed by atoms with van der Waals surface area (Å²) >= 11 is 0. The summed E-state index contributed by atoms with van der Waals surface area (Å²) in [5.74, 6) is -0.184. The largest absolute Gasteiger partial charge is 0.387 e. The van der Waals surface area contributed by atoms with E-state index in [4.69, 9.17) is 0 Å². The van der Waals surface area contributed by atoms with Crippen LogP contribution in [0.15, 0.2) is 48.5 Å². The molecule has 0 aliphatic rings. The average Bonchev–Trinajstić information content (AvgIpc) is 2.53. The molecule has 2 rings (SSSR count). The monoisotopic (exact) mass is 298 g/mol. The van der Waals surface area contributed by atoms with Crippen LogP contribution in [0.2, 0.25) is 0 Å². The van der Waals surface area contributed by atoms with Crippen molar-refractivity contribution in [2.45, 2.75) is 13.0 Å². The van der Waals surface area contributed by atoms with Gasteiger partial charge in [0.05, 0.1) is 6.10 Å². The lowest BCUT2D eigenvalue weighted by atomic mass is 10.1. The summed E-state index contributed by atoms with van der Waals surface area (Å²) in [7, 11) is 3.90. The Labute approximate surface area is 131 Å². The Hall–Kier alpha value is -2.33. The van der Waals surface area contributed by atoms with Gasteiger partial charge in [0.25, 0.3) is 5.91 Å². The molecule has 1 atom stereocenters. The summed E-state index contributed by atoms with van der Waals surface area (Å²) in [6.45, 7) is 2.19. The van der Waals surface area contributed by atoms with Gasteiger partial charge in [-0.2, -0.15) is 0 Å². The molecular formula is C18H22N2O2. The van der Waals surface area contributed by atoms with Gasteiger partial charge >= 0.3 is 0 Å². The number of carbonyl (C=O) groups is 1. The van der Waals surface area contributed by atoms with Gasteiger partial charge in [-0.3, -0.25) is 4.79 Å². The van der Waals surface area contributed by atoms with E-state index < -0.39 is 6.10 Å². The number of hydrogen-bond acceptors (Lipinski definition) is 3. The number of aliphatic hydroxyl groups is 1. The third-order valence-electron chi connectivity index (χ3n) is 3.56. The lowest BCUT2D eigenvalue weighted by Crippen LogP contribution is -2.28. The molecule has 4 nitrogen and oxygen atoms in total. The average molecular weight is 298 g/mol. The molecule has 0 heterocycles. The van der Waals surface area contributed by atoms with Gasteiger partial charge in [0.1, 0.15) is 0 Å². The Morgan fingerprint density at radius 1 is 1.09 bits per heavy atom. The van der Waals surface area contributed by atoms with E-state index in [2.05, 4.69) is 5.32 Å². The van der Waals surface area contributed by atoms with E-state index in [0.29, 0.717) is 5.56 Å². The molecule has 0 saturated carbocycles. The summed E-state index contributed by atoms with van der Waals surface area (Å²) in [5, 5.41) is 12.9. The van der Waals surface area contributed by atoms with Crippen LogP contribution in [0, 0.1) is 6.92 Å². The number of hydrogen-bond donors (Lipinski definition) is 2. The van der Waals surface area contributed by atoms with Crippen molar-refractivity contribution < 1.29 is 9.90 Å². The maximum Gasteiger partial charge on any atom is 0.251 e. The third kappa shape index (κ3) is 4.09. The zero-order chi connectivity index (χ0) is 16.1. The molecule has 2 N–H and O–H groups in total. The van der Waals surface area contributed by atoms with Crippen LogP contribution >= 0.6 is 0 Å². The van der Waals surface area contributed by atoms with Crippen molar-refractivity contribution in [1.82, 2.24) is 5.32 Å². The molecule has 0 unspecified atom stereocenters. The Morgan fingerprint density at radius 3 is 2.23 bits per heavy atom. The molecular weight excluding hydrogens is 276 g/mol. The highest BCUT2D eigenvalue weighted by atomic mass is 16.3. The fourth-order valence-corrected chi connectivity index (χ4v) is 2.11. The molecule has 4 heteroatoms. The smallest absolute Gasteiger partial charge is 0.251 e. The van der Waals surface area contributed by atoms with Crippen molar-refractivity contribution in [3.8, 4) is 0 Å². The minimum atomic E-state index is -0.703. The van der Waals surface area contributed by atoms with E-state index >= 15 is 0 Å². The normalized spacial score (nSPS) is 11.8. The molecule has 0 aromatic heterocycles. The number of anilines is 1. The number of aliphatic hydroxyl groups excluding tert-OH is 1. The minimum absolute atomic E-state index is 0.184. The molecule has 22 heavy (non-hydrogen) atoms. The molecule has 0 spiro atoms. The lowest BCUT2D eigenvalue weighted by molar-refractivity contribution is 0.0916. The maximum atomic E-state index is 12.1. The number of carbonyl (C=O) groups excluding carboxylic acids is 1. The predicted octanol–water partition coefficient (Wildman–Crippen LogP) is 2.52. The highest BCUT2D eigenvalue weighted by molar-refractivity contribution is 5.94. The van der Waals surface area contributed by atoms with Crippen molar-refractivity contribution in [2.24, 2.45) is 0 Å². The third-order valence-corrected chi connectivity index (χ3v) is 3.56. The second-order valence-corrected chi connectivity index (χ2v) is 5.58. The van der Waals surface area contributed by atoms with Crippen LogP contribution in [0.3, 0.4) is 0 Å². The van der Waals surface area contributed by atoms with Crippen molar-refractivity contribution >= 4 is 11.6 Å². The van der Waals surface area contributed by atoms with Crippen molar-refractivity contribution in [2.75, 3.05) is 25.5 Å². The zero-order valence-electron chi connectivity index (χ0n) is 13.2. The number of rotatable bonds is 5. The van der Waals surface area contributed by atoms with Crippen LogP contribution < -0.4 is 10.2 Å². The van der Waals surface area contributed by atoms with Crippen LogP contribution in [-0.2, 0) is 0 Å². The first-order valence-corrected chi connectivity index (χ1v) is 7.27. The molecule has 1 amide bonds. The predicted molar refractivity (Wildman–Crippen MR) is 89.2 cm³/mol. The van der Waals surface area contributed by atoms with Crippen LogP contribution in [0.1, 0.15) is 27.6 Å².